The normalized spacial score (nSPS) is 11.0. The van der Waals surface area contributed by atoms with Crippen molar-refractivity contribution in [3.8, 4) is 11.5 Å². The zero-order valence-corrected chi connectivity index (χ0v) is 10.1. The smallest absolute Gasteiger partial charge is 0.296 e. The largest absolute Gasteiger partial charge is 0.493 e. The summed E-state index contributed by atoms with van der Waals surface area (Å²) in [4.78, 5) is 0. The summed E-state index contributed by atoms with van der Waals surface area (Å²) in [5, 5.41) is 4.89. The van der Waals surface area contributed by atoms with Gasteiger partial charge in [0.05, 0.1) is 19.9 Å². The third-order valence-corrected chi connectivity index (χ3v) is 2.49. The van der Waals surface area contributed by atoms with E-state index in [1.165, 1.54) is 20.3 Å². The molecular formula is C9H14N2O4S. The molecule has 1 aromatic carbocycles. The summed E-state index contributed by atoms with van der Waals surface area (Å²) < 4.78 is 34.1. The topological polar surface area (TPSA) is 90.6 Å². The van der Waals surface area contributed by atoms with Crippen molar-refractivity contribution in [1.82, 2.24) is 0 Å². The molecule has 0 bridgehead atoms. The van der Waals surface area contributed by atoms with E-state index in [0.717, 1.165) is 0 Å². The van der Waals surface area contributed by atoms with Crippen LogP contribution in [0.4, 0.5) is 5.69 Å². The van der Waals surface area contributed by atoms with E-state index in [9.17, 15) is 8.42 Å². The molecule has 0 aliphatic rings. The number of aryl methyl sites for hydroxylation is 1. The number of anilines is 1. The van der Waals surface area contributed by atoms with Gasteiger partial charge in [-0.15, -0.1) is 0 Å². The summed E-state index contributed by atoms with van der Waals surface area (Å²) in [5.74, 6) is 0.958. The predicted molar refractivity (Wildman–Crippen MR) is 61.0 cm³/mol. The second-order valence-corrected chi connectivity index (χ2v) is 4.46. The third kappa shape index (κ3) is 3.01. The zero-order valence-electron chi connectivity index (χ0n) is 9.27. The number of hydrogen-bond donors (Lipinski definition) is 2. The molecule has 0 amide bonds. The van der Waals surface area contributed by atoms with Crippen molar-refractivity contribution in [3.05, 3.63) is 17.7 Å². The van der Waals surface area contributed by atoms with Gasteiger partial charge in [-0.3, -0.25) is 4.72 Å². The van der Waals surface area contributed by atoms with Crippen LogP contribution in [0.2, 0.25) is 0 Å². The number of rotatable bonds is 4. The number of benzene rings is 1. The Morgan fingerprint density at radius 2 is 1.69 bits per heavy atom. The highest BCUT2D eigenvalue weighted by molar-refractivity contribution is 7.90. The number of hydrogen-bond acceptors (Lipinski definition) is 4. The summed E-state index contributed by atoms with van der Waals surface area (Å²) in [6, 6.07) is 3.17. The van der Waals surface area contributed by atoms with Gasteiger partial charge in [-0.1, -0.05) is 0 Å². The predicted octanol–water partition coefficient (Wildman–Crippen LogP) is 0.628. The van der Waals surface area contributed by atoms with Gasteiger partial charge in [-0.25, -0.2) is 5.14 Å². The third-order valence-electron chi connectivity index (χ3n) is 1.98. The first kappa shape index (κ1) is 12.6. The summed E-state index contributed by atoms with van der Waals surface area (Å²) in [7, 11) is -0.820. The molecule has 90 valence electrons. The summed E-state index contributed by atoms with van der Waals surface area (Å²) in [6.07, 6.45) is 0. The second-order valence-electron chi connectivity index (χ2n) is 3.17. The average Bonchev–Trinajstić information content (AvgIpc) is 2.18. The molecule has 0 spiro atoms. The van der Waals surface area contributed by atoms with E-state index < -0.39 is 10.2 Å². The Kier molecular flexibility index (Phi) is 3.61. The van der Waals surface area contributed by atoms with Gasteiger partial charge in [-0.05, 0) is 18.6 Å². The molecule has 0 radical (unpaired) electrons. The maximum atomic E-state index is 10.9. The van der Waals surface area contributed by atoms with Crippen LogP contribution in [0.3, 0.4) is 0 Å². The van der Waals surface area contributed by atoms with Crippen LogP contribution >= 0.6 is 0 Å². The molecule has 0 aliphatic heterocycles. The molecular weight excluding hydrogens is 232 g/mol. The van der Waals surface area contributed by atoms with E-state index in [1.807, 2.05) is 0 Å². The van der Waals surface area contributed by atoms with E-state index >= 15 is 0 Å². The molecule has 3 N–H and O–H groups in total. The van der Waals surface area contributed by atoms with Gasteiger partial charge in [0, 0.05) is 6.07 Å². The summed E-state index contributed by atoms with van der Waals surface area (Å²) >= 11 is 0. The number of nitrogens with one attached hydrogen (secondary N) is 1. The molecule has 1 rings (SSSR count). The minimum Gasteiger partial charge on any atom is -0.493 e. The fraction of sp³-hybridized carbons (Fsp3) is 0.333. The Balaban J connectivity index is 3.21. The van der Waals surface area contributed by atoms with Crippen LogP contribution in [-0.2, 0) is 10.2 Å². The quantitative estimate of drug-likeness (QED) is 0.815. The Morgan fingerprint density at radius 1 is 1.19 bits per heavy atom. The molecule has 6 nitrogen and oxygen atoms in total. The Labute approximate surface area is 94.5 Å². The van der Waals surface area contributed by atoms with Crippen molar-refractivity contribution in [2.45, 2.75) is 6.92 Å². The van der Waals surface area contributed by atoms with Crippen LogP contribution in [0.15, 0.2) is 12.1 Å². The van der Waals surface area contributed by atoms with Gasteiger partial charge in [0.25, 0.3) is 10.2 Å². The lowest BCUT2D eigenvalue weighted by Crippen LogP contribution is -2.22. The fourth-order valence-electron chi connectivity index (χ4n) is 1.24. The van der Waals surface area contributed by atoms with E-state index in [2.05, 4.69) is 4.72 Å². The number of ether oxygens (including phenoxy) is 2. The SMILES string of the molecule is COc1cc(C)c(NS(N)(=O)=O)cc1OC. The molecule has 1 aromatic rings. The van der Waals surface area contributed by atoms with Crippen LogP contribution in [0.1, 0.15) is 5.56 Å². The first-order chi connectivity index (χ1) is 7.37. The Hall–Kier alpha value is -1.47. The minimum atomic E-state index is -3.79. The Morgan fingerprint density at radius 3 is 2.12 bits per heavy atom. The first-order valence-electron chi connectivity index (χ1n) is 4.40. The molecule has 0 atom stereocenters. The lowest BCUT2D eigenvalue weighted by atomic mass is 10.2. The van der Waals surface area contributed by atoms with Gasteiger partial charge in [0.15, 0.2) is 11.5 Å². The highest BCUT2D eigenvalue weighted by atomic mass is 32.2. The zero-order chi connectivity index (χ0) is 12.3. The second kappa shape index (κ2) is 4.58. The van der Waals surface area contributed by atoms with Crippen molar-refractivity contribution >= 4 is 15.9 Å². The Bertz CT molecular complexity index is 485. The summed E-state index contributed by atoms with van der Waals surface area (Å²) in [6.45, 7) is 1.73. The van der Waals surface area contributed by atoms with Crippen molar-refractivity contribution in [3.63, 3.8) is 0 Å². The van der Waals surface area contributed by atoms with Crippen LogP contribution in [-0.4, -0.2) is 22.6 Å². The van der Waals surface area contributed by atoms with Gasteiger partial charge >= 0.3 is 0 Å². The van der Waals surface area contributed by atoms with E-state index in [0.29, 0.717) is 22.7 Å². The molecule has 0 saturated heterocycles. The van der Waals surface area contributed by atoms with Crippen LogP contribution in [0.25, 0.3) is 0 Å². The molecule has 7 heteroatoms. The van der Waals surface area contributed by atoms with E-state index in [4.69, 9.17) is 14.6 Å². The molecule has 0 heterocycles. The maximum absolute atomic E-state index is 10.9. The highest BCUT2D eigenvalue weighted by Gasteiger charge is 2.11. The lowest BCUT2D eigenvalue weighted by molar-refractivity contribution is 0.355. The van der Waals surface area contributed by atoms with E-state index in [-0.39, 0.29) is 0 Å². The minimum absolute atomic E-state index is 0.361. The summed E-state index contributed by atoms with van der Waals surface area (Å²) in [5.41, 5.74) is 1.05. The molecule has 0 saturated carbocycles. The number of nitrogens with two attached hydrogens (primary N) is 1. The molecule has 0 fully saturated rings. The number of methoxy groups -OCH3 is 2. The van der Waals surface area contributed by atoms with Gasteiger partial charge in [-0.2, -0.15) is 8.42 Å². The maximum Gasteiger partial charge on any atom is 0.296 e. The molecule has 0 aromatic heterocycles. The van der Waals surface area contributed by atoms with Crippen LogP contribution in [0, 0.1) is 6.92 Å². The van der Waals surface area contributed by atoms with Crippen molar-refractivity contribution in [1.29, 1.82) is 0 Å². The van der Waals surface area contributed by atoms with Gasteiger partial charge in [0.1, 0.15) is 0 Å². The molecule has 16 heavy (non-hydrogen) atoms. The standard InChI is InChI=1S/C9H14N2O4S/c1-6-4-8(14-2)9(15-3)5-7(6)11-16(10,12)13/h4-5,11H,1-3H3,(H2,10,12,13). The monoisotopic (exact) mass is 246 g/mol. The average molecular weight is 246 g/mol. The van der Waals surface area contributed by atoms with Crippen LogP contribution < -0.4 is 19.3 Å². The fourth-order valence-corrected chi connectivity index (χ4v) is 1.77. The van der Waals surface area contributed by atoms with Crippen LogP contribution in [0.5, 0.6) is 11.5 Å². The van der Waals surface area contributed by atoms with Gasteiger partial charge < -0.3 is 9.47 Å². The molecule has 0 unspecified atom stereocenters. The van der Waals surface area contributed by atoms with Crippen molar-refractivity contribution in [2.24, 2.45) is 5.14 Å². The highest BCUT2D eigenvalue weighted by Crippen LogP contribution is 2.32. The first-order valence-corrected chi connectivity index (χ1v) is 5.95. The molecule has 0 aliphatic carbocycles. The lowest BCUT2D eigenvalue weighted by Gasteiger charge is -2.12. The van der Waals surface area contributed by atoms with Gasteiger partial charge in [0.2, 0.25) is 0 Å². The van der Waals surface area contributed by atoms with E-state index in [1.54, 1.807) is 13.0 Å². The van der Waals surface area contributed by atoms with Crippen molar-refractivity contribution < 1.29 is 17.9 Å². The van der Waals surface area contributed by atoms with Crippen molar-refractivity contribution in [2.75, 3.05) is 18.9 Å².